The second-order valence-corrected chi connectivity index (χ2v) is 10.7. The molecule has 1 saturated carbocycles. The van der Waals surface area contributed by atoms with E-state index >= 15 is 4.39 Å². The van der Waals surface area contributed by atoms with Crippen LogP contribution in [0.2, 0.25) is 0 Å². The van der Waals surface area contributed by atoms with Crippen molar-refractivity contribution in [3.63, 3.8) is 0 Å². The van der Waals surface area contributed by atoms with Crippen LogP contribution >= 0.6 is 23.5 Å². The molecule has 0 amide bonds. The Kier molecular flexibility index (Phi) is 5.77. The fourth-order valence-electron chi connectivity index (χ4n) is 3.16. The topological polar surface area (TPSA) is 250 Å². The Balaban J connectivity index is 1.82. The van der Waals surface area contributed by atoms with Gasteiger partial charge >= 0.3 is 29.2 Å². The van der Waals surface area contributed by atoms with Gasteiger partial charge in [0, 0.05) is 6.20 Å². The van der Waals surface area contributed by atoms with Crippen molar-refractivity contribution < 1.29 is 60.6 Å². The molecule has 1 aromatic rings. The van der Waals surface area contributed by atoms with E-state index in [1.807, 2.05) is 0 Å². The number of anilines is 1. The zero-order chi connectivity index (χ0) is 23.6. The first kappa shape index (κ1) is 24.3. The predicted octanol–water partition coefficient (Wildman–Crippen LogP) is -0.926. The number of aliphatic hydroxyl groups is 1. The van der Waals surface area contributed by atoms with E-state index in [1.165, 1.54) is 0 Å². The summed E-state index contributed by atoms with van der Waals surface area (Å²) in [5.74, 6) is -0.178. The summed E-state index contributed by atoms with van der Waals surface area (Å²) in [6.07, 6.45) is -4.50. The van der Waals surface area contributed by atoms with Crippen molar-refractivity contribution >= 4 is 29.3 Å². The third-order valence-electron chi connectivity index (χ3n) is 4.40. The lowest BCUT2D eigenvalue weighted by Gasteiger charge is -2.24. The molecule has 0 bridgehead atoms. The molecule has 0 radical (unpaired) electrons. The number of nitrogens with two attached hydrogens (primary N) is 1. The lowest BCUT2D eigenvalue weighted by atomic mass is 10.1. The van der Waals surface area contributed by atoms with Crippen LogP contribution in [0.25, 0.3) is 0 Å². The Labute approximate surface area is 171 Å². The maximum atomic E-state index is 15.0. The summed E-state index contributed by atoms with van der Waals surface area (Å²) >= 11 is 0. The van der Waals surface area contributed by atoms with Gasteiger partial charge in [0.2, 0.25) is 0 Å². The maximum absolute atomic E-state index is 15.0. The van der Waals surface area contributed by atoms with E-state index in [0.717, 1.165) is 18.3 Å². The number of phosphoric acid groups is 3. The summed E-state index contributed by atoms with van der Waals surface area (Å²) in [5, 5.41) is 10.6. The van der Waals surface area contributed by atoms with Gasteiger partial charge in [-0.25, -0.2) is 22.9 Å². The summed E-state index contributed by atoms with van der Waals surface area (Å²) in [5.41, 5.74) is -0.641. The standard InChI is InChI=1S/C11H15FN3O13P3/c1-2-10-8(26-30(21,22)28-31(23,24)27-29(18,19)20)11(10,17)6(12)7(25-10)15-4-3-5(13)14-9(15)16/h2-4,6-8,17H,1H2,(H,21,22)(H,23,24)(H2,13,14,16)(H2,18,19,20)/t6-,7+,8?,10+,11+/m0/s1. The van der Waals surface area contributed by atoms with Crippen LogP contribution in [0.15, 0.2) is 29.7 Å². The van der Waals surface area contributed by atoms with Crippen LogP contribution in [-0.2, 0) is 31.6 Å². The minimum atomic E-state index is -5.84. The van der Waals surface area contributed by atoms with E-state index in [-0.39, 0.29) is 5.82 Å². The van der Waals surface area contributed by atoms with Crippen molar-refractivity contribution in [3.05, 3.63) is 35.4 Å². The van der Waals surface area contributed by atoms with E-state index in [4.69, 9.17) is 25.2 Å². The molecule has 1 saturated heterocycles. The lowest BCUT2D eigenvalue weighted by molar-refractivity contribution is -0.0785. The average molecular weight is 509 g/mol. The van der Waals surface area contributed by atoms with Crippen LogP contribution in [0.1, 0.15) is 6.23 Å². The molecule has 2 heterocycles. The van der Waals surface area contributed by atoms with Crippen molar-refractivity contribution in [2.75, 3.05) is 5.73 Å². The fourth-order valence-corrected chi connectivity index (χ4v) is 6.41. The van der Waals surface area contributed by atoms with Crippen molar-refractivity contribution in [1.29, 1.82) is 0 Å². The van der Waals surface area contributed by atoms with Gasteiger partial charge in [-0.05, 0) is 6.07 Å². The molecular weight excluding hydrogens is 494 g/mol. The second kappa shape index (κ2) is 7.35. The Bertz CT molecular complexity index is 1120. The van der Waals surface area contributed by atoms with Gasteiger partial charge in [0.05, 0.1) is 0 Å². The van der Waals surface area contributed by atoms with Crippen LogP contribution in [0.4, 0.5) is 10.2 Å². The number of hydrogen-bond donors (Lipinski definition) is 6. The Hall–Kier alpha value is -1.32. The summed E-state index contributed by atoms with van der Waals surface area (Å²) in [6, 6.07) is 1.13. The fraction of sp³-hybridized carbons (Fsp3) is 0.455. The van der Waals surface area contributed by atoms with Crippen molar-refractivity contribution in [2.45, 2.75) is 29.7 Å². The van der Waals surface area contributed by atoms with Gasteiger partial charge in [-0.3, -0.25) is 9.09 Å². The van der Waals surface area contributed by atoms with E-state index < -0.39 is 58.9 Å². The molecule has 174 valence electrons. The average Bonchev–Trinajstić information content (AvgIpc) is 2.95. The molecule has 1 aromatic heterocycles. The Morgan fingerprint density at radius 1 is 1.26 bits per heavy atom. The highest BCUT2D eigenvalue weighted by atomic mass is 31.3. The second-order valence-electron chi connectivity index (χ2n) is 6.35. The molecule has 20 heteroatoms. The molecule has 0 aromatic carbocycles. The molecule has 1 aliphatic carbocycles. The highest BCUT2D eigenvalue weighted by molar-refractivity contribution is 7.66. The van der Waals surface area contributed by atoms with Gasteiger partial charge in [-0.15, -0.1) is 6.58 Å². The predicted molar refractivity (Wildman–Crippen MR) is 94.5 cm³/mol. The number of rotatable bonds is 8. The smallest absolute Gasteiger partial charge is 0.383 e. The zero-order valence-electron chi connectivity index (χ0n) is 14.9. The molecule has 2 aliphatic rings. The van der Waals surface area contributed by atoms with Crippen LogP contribution < -0.4 is 11.4 Å². The van der Waals surface area contributed by atoms with Crippen LogP contribution in [0, 0.1) is 0 Å². The number of fused-ring (bicyclic) bond motifs is 1. The molecule has 31 heavy (non-hydrogen) atoms. The molecule has 0 spiro atoms. The van der Waals surface area contributed by atoms with Gasteiger partial charge < -0.3 is 35.2 Å². The lowest BCUT2D eigenvalue weighted by Crippen LogP contribution is -2.38. The number of nitrogen functional groups attached to an aromatic ring is 1. The summed E-state index contributed by atoms with van der Waals surface area (Å²) < 4.78 is 66.6. The highest BCUT2D eigenvalue weighted by Crippen LogP contribution is 2.72. The number of nitrogens with zero attached hydrogens (tertiary/aromatic N) is 2. The van der Waals surface area contributed by atoms with Gasteiger partial charge in [0.25, 0.3) is 0 Å². The highest BCUT2D eigenvalue weighted by Gasteiger charge is 2.89. The first-order chi connectivity index (χ1) is 14.0. The first-order valence-electron chi connectivity index (χ1n) is 7.83. The largest absolute Gasteiger partial charge is 0.490 e. The van der Waals surface area contributed by atoms with E-state index in [1.54, 1.807) is 0 Å². The number of aromatic nitrogens is 2. The molecule has 3 unspecified atom stereocenters. The summed E-state index contributed by atoms with van der Waals surface area (Å²) in [7, 11) is -17.2. The number of phosphoric ester groups is 1. The number of ether oxygens (including phenoxy) is 1. The number of alkyl halides is 1. The van der Waals surface area contributed by atoms with Crippen molar-refractivity contribution in [3.8, 4) is 0 Å². The molecular formula is C11H15FN3O13P3. The summed E-state index contributed by atoms with van der Waals surface area (Å²) in [4.78, 5) is 51.1. The van der Waals surface area contributed by atoms with Gasteiger partial charge in [-0.1, -0.05) is 6.08 Å². The minimum absolute atomic E-state index is 0.178. The third kappa shape index (κ3) is 4.20. The Morgan fingerprint density at radius 2 is 1.87 bits per heavy atom. The van der Waals surface area contributed by atoms with Gasteiger partial charge in [-0.2, -0.15) is 13.6 Å². The Morgan fingerprint density at radius 3 is 2.35 bits per heavy atom. The van der Waals surface area contributed by atoms with Crippen LogP contribution in [-0.4, -0.2) is 57.7 Å². The molecule has 16 nitrogen and oxygen atoms in total. The minimum Gasteiger partial charge on any atom is -0.383 e. The van der Waals surface area contributed by atoms with E-state index in [2.05, 4.69) is 24.7 Å². The molecule has 1 aliphatic heterocycles. The van der Waals surface area contributed by atoms with Gasteiger partial charge in [0.15, 0.2) is 23.6 Å². The molecule has 2 fully saturated rings. The van der Waals surface area contributed by atoms with E-state index in [0.29, 0.717) is 4.57 Å². The first-order valence-corrected chi connectivity index (χ1v) is 12.3. The van der Waals surface area contributed by atoms with Gasteiger partial charge in [0.1, 0.15) is 11.9 Å². The quantitative estimate of drug-likeness (QED) is 0.183. The van der Waals surface area contributed by atoms with Crippen LogP contribution in [0.3, 0.4) is 0 Å². The summed E-state index contributed by atoms with van der Waals surface area (Å²) in [6.45, 7) is 3.31. The normalized spacial score (nSPS) is 36.3. The third-order valence-corrected chi connectivity index (χ3v) is 8.21. The number of hydrogen-bond acceptors (Lipinski definition) is 11. The molecule has 7 N–H and O–H groups in total. The monoisotopic (exact) mass is 509 g/mol. The van der Waals surface area contributed by atoms with Crippen LogP contribution in [0.5, 0.6) is 0 Å². The number of halogens is 1. The van der Waals surface area contributed by atoms with Crippen molar-refractivity contribution in [2.24, 2.45) is 0 Å². The maximum Gasteiger partial charge on any atom is 0.490 e. The molecule has 7 atom stereocenters. The van der Waals surface area contributed by atoms with Crippen molar-refractivity contribution in [1.82, 2.24) is 9.55 Å². The molecule has 3 rings (SSSR count). The SMILES string of the molecule is C=C[C@]12O[C@@H](n3ccc(N)nc3=O)[C@H](F)[C@@]1(O)C2OP(=O)(O)OP(=O)(O)OP(=O)(O)O. The van der Waals surface area contributed by atoms with E-state index in [9.17, 15) is 28.5 Å². The zero-order valence-corrected chi connectivity index (χ0v) is 17.5.